The van der Waals surface area contributed by atoms with Crippen LogP contribution in [-0.4, -0.2) is 28.4 Å². The first kappa shape index (κ1) is 15.9. The van der Waals surface area contributed by atoms with Crippen molar-refractivity contribution in [2.45, 2.75) is 19.8 Å². The summed E-state index contributed by atoms with van der Waals surface area (Å²) in [7, 11) is 0. The van der Waals surface area contributed by atoms with Gasteiger partial charge in [-0.2, -0.15) is 0 Å². The highest BCUT2D eigenvalue weighted by molar-refractivity contribution is 6.36. The Bertz CT molecular complexity index is 545. The number of aryl methyl sites for hydroxylation is 1. The number of nitrogens with zero attached hydrogens (tertiary/aromatic N) is 2. The van der Waals surface area contributed by atoms with Gasteiger partial charge in [-0.05, 0) is 19.4 Å². The Morgan fingerprint density at radius 1 is 1.55 bits per heavy atom. The van der Waals surface area contributed by atoms with E-state index in [4.69, 9.17) is 21.5 Å². The van der Waals surface area contributed by atoms with E-state index in [0.29, 0.717) is 5.56 Å². The number of nitro benzene ring substituents is 1. The zero-order valence-corrected chi connectivity index (χ0v) is 11.5. The number of halogens is 1. The van der Waals surface area contributed by atoms with E-state index in [1.54, 1.807) is 6.92 Å². The average molecular weight is 301 g/mol. The van der Waals surface area contributed by atoms with Crippen LogP contribution in [0.2, 0.25) is 5.02 Å². The molecule has 0 amide bonds. The van der Waals surface area contributed by atoms with E-state index in [2.05, 4.69) is 5.16 Å². The zero-order chi connectivity index (χ0) is 15.1. The summed E-state index contributed by atoms with van der Waals surface area (Å²) in [4.78, 5) is 21.7. The van der Waals surface area contributed by atoms with Gasteiger partial charge in [0.15, 0.2) is 5.71 Å². The number of nitro groups is 1. The first-order valence-electron chi connectivity index (χ1n) is 5.80. The number of rotatable bonds is 6. The van der Waals surface area contributed by atoms with E-state index in [1.165, 1.54) is 18.2 Å². The predicted molar refractivity (Wildman–Crippen MR) is 72.3 cm³/mol. The molecule has 0 bridgehead atoms. The lowest BCUT2D eigenvalue weighted by Gasteiger charge is -2.05. The van der Waals surface area contributed by atoms with Crippen molar-refractivity contribution in [2.24, 2.45) is 5.16 Å². The fraction of sp³-hybridized carbons (Fsp3) is 0.333. The number of carbonyl (C=O) groups excluding carboxylic acids is 1. The van der Waals surface area contributed by atoms with Gasteiger partial charge < -0.3 is 9.94 Å². The molecule has 7 nitrogen and oxygen atoms in total. The van der Waals surface area contributed by atoms with Gasteiger partial charge >= 0.3 is 5.97 Å². The minimum absolute atomic E-state index is 0.0256. The summed E-state index contributed by atoms with van der Waals surface area (Å²) in [5.74, 6) is -0.744. The molecule has 1 N–H and O–H groups in total. The first-order valence-corrected chi connectivity index (χ1v) is 6.18. The van der Waals surface area contributed by atoms with E-state index in [9.17, 15) is 14.9 Å². The summed E-state index contributed by atoms with van der Waals surface area (Å²) in [6.07, 6.45) is 0.184. The second-order valence-corrected chi connectivity index (χ2v) is 4.23. The average Bonchev–Trinajstić information content (AvgIpc) is 2.41. The molecule has 108 valence electrons. The molecule has 8 heteroatoms. The normalized spacial score (nSPS) is 11.2. The maximum Gasteiger partial charge on any atom is 0.356 e. The maximum atomic E-state index is 11.4. The van der Waals surface area contributed by atoms with Crippen LogP contribution in [0.15, 0.2) is 23.4 Å². The second-order valence-electron chi connectivity index (χ2n) is 3.80. The molecule has 0 radical (unpaired) electrons. The quantitative estimate of drug-likeness (QED) is 0.286. The second kappa shape index (κ2) is 7.44. The smallest absolute Gasteiger partial charge is 0.356 e. The minimum atomic E-state index is -0.744. The molecule has 0 aliphatic rings. The molecule has 1 aromatic carbocycles. The standard InChI is InChI=1S/C12H13ClN2O5/c1-2-20-12(16)10(14-17)6-4-8-3-5-9(13)7-11(8)15(18)19/h3,5,7,17H,2,4,6H2,1H3. The molecule has 1 rings (SSSR count). The monoisotopic (exact) mass is 300 g/mol. The van der Waals surface area contributed by atoms with Gasteiger partial charge in [-0.25, -0.2) is 4.79 Å². The van der Waals surface area contributed by atoms with Crippen LogP contribution < -0.4 is 0 Å². The van der Waals surface area contributed by atoms with Crippen LogP contribution in [-0.2, 0) is 16.0 Å². The van der Waals surface area contributed by atoms with Crippen LogP contribution in [0.25, 0.3) is 0 Å². The Balaban J connectivity index is 2.84. The molecule has 0 aliphatic heterocycles. The molecule has 0 aliphatic carbocycles. The number of ether oxygens (including phenoxy) is 1. The lowest BCUT2D eigenvalue weighted by Crippen LogP contribution is -2.18. The Morgan fingerprint density at radius 3 is 2.80 bits per heavy atom. The van der Waals surface area contributed by atoms with Gasteiger partial charge in [-0.15, -0.1) is 0 Å². The number of benzene rings is 1. The number of carbonyl (C=O) groups is 1. The van der Waals surface area contributed by atoms with Crippen molar-refractivity contribution < 1.29 is 19.7 Å². The van der Waals surface area contributed by atoms with Crippen molar-refractivity contribution in [1.29, 1.82) is 0 Å². The van der Waals surface area contributed by atoms with Gasteiger partial charge in [-0.3, -0.25) is 10.1 Å². The highest BCUT2D eigenvalue weighted by atomic mass is 35.5. The summed E-state index contributed by atoms with van der Waals surface area (Å²) in [5.41, 5.74) is 0.0691. The molecule has 20 heavy (non-hydrogen) atoms. The van der Waals surface area contributed by atoms with Gasteiger partial charge in [0, 0.05) is 23.1 Å². The Kier molecular flexibility index (Phi) is 5.92. The van der Waals surface area contributed by atoms with E-state index < -0.39 is 10.9 Å². The Labute approximate surface area is 119 Å². The maximum absolute atomic E-state index is 11.4. The van der Waals surface area contributed by atoms with E-state index >= 15 is 0 Å². The number of oxime groups is 1. The first-order chi connectivity index (χ1) is 9.49. The summed E-state index contributed by atoms with van der Waals surface area (Å²) < 4.78 is 4.70. The van der Waals surface area contributed by atoms with Crippen molar-refractivity contribution in [3.8, 4) is 0 Å². The summed E-state index contributed by atoms with van der Waals surface area (Å²) in [6.45, 7) is 1.77. The number of hydrogen-bond acceptors (Lipinski definition) is 6. The fourth-order valence-corrected chi connectivity index (χ4v) is 1.75. The Morgan fingerprint density at radius 2 is 2.25 bits per heavy atom. The van der Waals surface area contributed by atoms with Gasteiger partial charge in [0.05, 0.1) is 11.5 Å². The zero-order valence-electron chi connectivity index (χ0n) is 10.7. The van der Waals surface area contributed by atoms with Crippen molar-refractivity contribution in [3.05, 3.63) is 38.9 Å². The van der Waals surface area contributed by atoms with Crippen molar-refractivity contribution in [3.63, 3.8) is 0 Å². The third-order valence-electron chi connectivity index (χ3n) is 2.51. The highest BCUT2D eigenvalue weighted by Gasteiger charge is 2.18. The topological polar surface area (TPSA) is 102 Å². The summed E-state index contributed by atoms with van der Waals surface area (Å²) in [5, 5.41) is 22.8. The molecule has 0 aromatic heterocycles. The Hall–Kier alpha value is -2.15. The van der Waals surface area contributed by atoms with Gasteiger partial charge in [0.1, 0.15) is 0 Å². The van der Waals surface area contributed by atoms with Crippen LogP contribution >= 0.6 is 11.6 Å². The largest absolute Gasteiger partial charge is 0.461 e. The number of esters is 1. The molecule has 0 saturated heterocycles. The lowest BCUT2D eigenvalue weighted by atomic mass is 10.1. The van der Waals surface area contributed by atoms with Crippen LogP contribution in [0.4, 0.5) is 5.69 Å². The molecule has 1 aromatic rings. The van der Waals surface area contributed by atoms with Gasteiger partial charge in [-0.1, -0.05) is 22.8 Å². The molecule has 0 saturated carbocycles. The van der Waals surface area contributed by atoms with E-state index in [1.807, 2.05) is 0 Å². The summed E-state index contributed by atoms with van der Waals surface area (Å²) in [6, 6.07) is 4.25. The molecule has 0 fully saturated rings. The predicted octanol–water partition coefficient (Wildman–Crippen LogP) is 2.57. The molecule has 0 heterocycles. The minimum Gasteiger partial charge on any atom is -0.461 e. The SMILES string of the molecule is CCOC(=O)C(CCc1ccc(Cl)cc1[N+](=O)[O-])=NO. The molecule has 0 atom stereocenters. The van der Waals surface area contributed by atoms with Crippen LogP contribution in [0.3, 0.4) is 0 Å². The molecular weight excluding hydrogens is 288 g/mol. The van der Waals surface area contributed by atoms with Gasteiger partial charge in [0.2, 0.25) is 0 Å². The lowest BCUT2D eigenvalue weighted by molar-refractivity contribution is -0.385. The molecule has 0 spiro atoms. The van der Waals surface area contributed by atoms with E-state index in [0.717, 1.165) is 0 Å². The highest BCUT2D eigenvalue weighted by Crippen LogP contribution is 2.24. The van der Waals surface area contributed by atoms with E-state index in [-0.39, 0.29) is 35.9 Å². The summed E-state index contributed by atoms with van der Waals surface area (Å²) >= 11 is 5.70. The fourth-order valence-electron chi connectivity index (χ4n) is 1.58. The van der Waals surface area contributed by atoms with Crippen molar-refractivity contribution in [2.75, 3.05) is 6.61 Å². The van der Waals surface area contributed by atoms with Crippen LogP contribution in [0.1, 0.15) is 18.9 Å². The van der Waals surface area contributed by atoms with Crippen molar-refractivity contribution >= 4 is 29.0 Å². The number of hydrogen-bond donors (Lipinski definition) is 1. The molecular formula is C12H13ClN2O5. The van der Waals surface area contributed by atoms with Gasteiger partial charge in [0.25, 0.3) is 5.69 Å². The molecule has 0 unspecified atom stereocenters. The van der Waals surface area contributed by atoms with Crippen molar-refractivity contribution in [1.82, 2.24) is 0 Å². The third-order valence-corrected chi connectivity index (χ3v) is 2.74. The third kappa shape index (κ3) is 4.20. The van der Waals surface area contributed by atoms with Crippen LogP contribution in [0.5, 0.6) is 0 Å². The van der Waals surface area contributed by atoms with Crippen LogP contribution in [0, 0.1) is 10.1 Å².